The van der Waals surface area contributed by atoms with Crippen molar-refractivity contribution in [1.29, 1.82) is 0 Å². The molecule has 0 bridgehead atoms. The molecule has 0 atom stereocenters. The van der Waals surface area contributed by atoms with Gasteiger partial charge in [0.05, 0.1) is 6.67 Å². The fourth-order valence-electron chi connectivity index (χ4n) is 0.643. The molecule has 0 aromatic heterocycles. The van der Waals surface area contributed by atoms with E-state index in [0.29, 0.717) is 13.0 Å². The number of amides is 2. The zero-order chi connectivity index (χ0) is 9.40. The predicted octanol–water partition coefficient (Wildman–Crippen LogP) is -1.06. The Hall–Kier alpha value is -1.10. The number of hydrogen-bond donors (Lipinski definition) is 3. The predicted molar refractivity (Wildman–Crippen MR) is 45.1 cm³/mol. The van der Waals surface area contributed by atoms with Crippen molar-refractivity contribution in [2.24, 2.45) is 5.73 Å². The quantitative estimate of drug-likeness (QED) is 0.463. The molecule has 0 saturated carbocycles. The lowest BCUT2D eigenvalue weighted by atomic mass is 10.4. The number of rotatable bonds is 5. The first kappa shape index (κ1) is 10.9. The van der Waals surface area contributed by atoms with Gasteiger partial charge in [0.1, 0.15) is 0 Å². The summed E-state index contributed by atoms with van der Waals surface area (Å²) in [5.74, 6) is -0.190. The van der Waals surface area contributed by atoms with Crippen molar-refractivity contribution >= 4 is 11.8 Å². The molecule has 70 valence electrons. The van der Waals surface area contributed by atoms with Crippen LogP contribution < -0.4 is 16.4 Å². The lowest BCUT2D eigenvalue weighted by molar-refractivity contribution is -0.122. The topological polar surface area (TPSA) is 84.2 Å². The minimum atomic E-state index is -0.145. The fraction of sp³-hybridized carbons (Fsp3) is 0.714. The van der Waals surface area contributed by atoms with Crippen molar-refractivity contribution in [3.8, 4) is 0 Å². The summed E-state index contributed by atoms with van der Waals surface area (Å²) in [5, 5.41) is 5.01. The third-order valence-electron chi connectivity index (χ3n) is 1.29. The van der Waals surface area contributed by atoms with Gasteiger partial charge in [0, 0.05) is 19.4 Å². The Morgan fingerprint density at radius 2 is 1.92 bits per heavy atom. The molecule has 5 nitrogen and oxygen atoms in total. The highest BCUT2D eigenvalue weighted by Gasteiger charge is 2.00. The Balaban J connectivity index is 3.30. The SMILES string of the molecule is CCC(=O)NCCC(=O)NCN. The number of hydrogen-bond acceptors (Lipinski definition) is 3. The lowest BCUT2D eigenvalue weighted by Crippen LogP contribution is -2.33. The Morgan fingerprint density at radius 3 is 2.42 bits per heavy atom. The van der Waals surface area contributed by atoms with Gasteiger partial charge in [0.2, 0.25) is 11.8 Å². The molecule has 0 aliphatic rings. The average molecular weight is 173 g/mol. The molecule has 5 heteroatoms. The molecule has 0 unspecified atom stereocenters. The van der Waals surface area contributed by atoms with Crippen LogP contribution >= 0.6 is 0 Å². The van der Waals surface area contributed by atoms with Crippen LogP contribution in [0.3, 0.4) is 0 Å². The molecule has 0 rings (SSSR count). The van der Waals surface area contributed by atoms with Crippen LogP contribution in [0.15, 0.2) is 0 Å². The van der Waals surface area contributed by atoms with E-state index in [0.717, 1.165) is 0 Å². The second-order valence-corrected chi connectivity index (χ2v) is 2.26. The zero-order valence-corrected chi connectivity index (χ0v) is 7.22. The van der Waals surface area contributed by atoms with Gasteiger partial charge in [-0.2, -0.15) is 0 Å². The van der Waals surface area contributed by atoms with E-state index in [1.165, 1.54) is 0 Å². The molecule has 0 radical (unpaired) electrons. The molecule has 0 fully saturated rings. The molecular formula is C7H15N3O2. The van der Waals surface area contributed by atoms with E-state index in [2.05, 4.69) is 10.6 Å². The van der Waals surface area contributed by atoms with Crippen LogP contribution in [0.25, 0.3) is 0 Å². The van der Waals surface area contributed by atoms with Crippen LogP contribution in [0.5, 0.6) is 0 Å². The Bertz CT molecular complexity index is 159. The second-order valence-electron chi connectivity index (χ2n) is 2.26. The summed E-state index contributed by atoms with van der Waals surface area (Å²) in [5.41, 5.74) is 5.07. The van der Waals surface area contributed by atoms with Crippen molar-refractivity contribution in [2.75, 3.05) is 13.2 Å². The van der Waals surface area contributed by atoms with Crippen LogP contribution in [0.4, 0.5) is 0 Å². The molecule has 2 amide bonds. The molecule has 0 aromatic rings. The second kappa shape index (κ2) is 6.60. The third-order valence-corrected chi connectivity index (χ3v) is 1.29. The Labute approximate surface area is 71.7 Å². The van der Waals surface area contributed by atoms with Crippen LogP contribution in [0.2, 0.25) is 0 Å². The number of carbonyl (C=O) groups is 2. The summed E-state index contributed by atoms with van der Waals surface area (Å²) in [6.45, 7) is 2.27. The van der Waals surface area contributed by atoms with Gasteiger partial charge in [-0.1, -0.05) is 6.92 Å². The molecular weight excluding hydrogens is 158 g/mol. The van der Waals surface area contributed by atoms with Gasteiger partial charge < -0.3 is 16.4 Å². The fourth-order valence-corrected chi connectivity index (χ4v) is 0.643. The van der Waals surface area contributed by atoms with Crippen LogP contribution in [-0.4, -0.2) is 25.0 Å². The highest BCUT2D eigenvalue weighted by molar-refractivity contribution is 5.78. The minimum Gasteiger partial charge on any atom is -0.356 e. The molecule has 0 aromatic carbocycles. The summed E-state index contributed by atoms with van der Waals surface area (Å²) in [6.07, 6.45) is 0.724. The summed E-state index contributed by atoms with van der Waals surface area (Å²) in [4.78, 5) is 21.5. The van der Waals surface area contributed by atoms with Gasteiger partial charge >= 0.3 is 0 Å². The molecule has 4 N–H and O–H groups in total. The summed E-state index contributed by atoms with van der Waals surface area (Å²) in [7, 11) is 0. The molecule has 0 aliphatic heterocycles. The summed E-state index contributed by atoms with van der Waals surface area (Å²) in [6, 6.07) is 0. The Morgan fingerprint density at radius 1 is 1.25 bits per heavy atom. The highest BCUT2D eigenvalue weighted by atomic mass is 16.2. The van der Waals surface area contributed by atoms with Crippen LogP contribution in [-0.2, 0) is 9.59 Å². The van der Waals surface area contributed by atoms with E-state index in [1.807, 2.05) is 0 Å². The molecule has 0 saturated heterocycles. The lowest BCUT2D eigenvalue weighted by Gasteiger charge is -2.03. The van der Waals surface area contributed by atoms with E-state index < -0.39 is 0 Å². The first-order chi connectivity index (χ1) is 5.70. The normalized spacial score (nSPS) is 9.17. The first-order valence-electron chi connectivity index (χ1n) is 3.94. The maximum Gasteiger partial charge on any atom is 0.222 e. The van der Waals surface area contributed by atoms with Gasteiger partial charge in [-0.15, -0.1) is 0 Å². The number of nitrogens with two attached hydrogens (primary N) is 1. The maximum absolute atomic E-state index is 10.8. The molecule has 0 spiro atoms. The van der Waals surface area contributed by atoms with Gasteiger partial charge in [0.25, 0.3) is 0 Å². The van der Waals surface area contributed by atoms with Crippen LogP contribution in [0.1, 0.15) is 19.8 Å². The first-order valence-corrected chi connectivity index (χ1v) is 3.94. The Kier molecular flexibility index (Phi) is 6.00. The molecule has 0 aliphatic carbocycles. The van der Waals surface area contributed by atoms with Crippen LogP contribution in [0, 0.1) is 0 Å². The average Bonchev–Trinajstić information content (AvgIpc) is 2.04. The standard InChI is InChI=1S/C7H15N3O2/c1-2-6(11)9-4-3-7(12)10-5-8/h2-5,8H2,1H3,(H,9,11)(H,10,12). The van der Waals surface area contributed by atoms with Crippen molar-refractivity contribution < 1.29 is 9.59 Å². The minimum absolute atomic E-state index is 0.0458. The highest BCUT2D eigenvalue weighted by Crippen LogP contribution is 1.78. The van der Waals surface area contributed by atoms with Crippen molar-refractivity contribution in [3.63, 3.8) is 0 Å². The van der Waals surface area contributed by atoms with Gasteiger partial charge in [-0.05, 0) is 0 Å². The number of carbonyl (C=O) groups excluding carboxylic acids is 2. The van der Waals surface area contributed by atoms with Gasteiger partial charge in [-0.25, -0.2) is 0 Å². The molecule has 0 heterocycles. The van der Waals surface area contributed by atoms with Crippen molar-refractivity contribution in [3.05, 3.63) is 0 Å². The van der Waals surface area contributed by atoms with Crippen molar-refractivity contribution in [2.45, 2.75) is 19.8 Å². The van der Waals surface area contributed by atoms with E-state index in [4.69, 9.17) is 5.73 Å². The third kappa shape index (κ3) is 5.67. The monoisotopic (exact) mass is 173 g/mol. The van der Waals surface area contributed by atoms with E-state index in [1.54, 1.807) is 6.92 Å². The summed E-state index contributed by atoms with van der Waals surface area (Å²) < 4.78 is 0. The smallest absolute Gasteiger partial charge is 0.222 e. The molecule has 12 heavy (non-hydrogen) atoms. The maximum atomic E-state index is 10.8. The number of nitrogens with one attached hydrogen (secondary N) is 2. The van der Waals surface area contributed by atoms with Gasteiger partial charge in [-0.3, -0.25) is 9.59 Å². The summed E-state index contributed by atoms with van der Waals surface area (Å²) >= 11 is 0. The van der Waals surface area contributed by atoms with Crippen molar-refractivity contribution in [1.82, 2.24) is 10.6 Å². The van der Waals surface area contributed by atoms with E-state index in [9.17, 15) is 9.59 Å². The zero-order valence-electron chi connectivity index (χ0n) is 7.22. The largest absolute Gasteiger partial charge is 0.356 e. The van der Waals surface area contributed by atoms with Gasteiger partial charge in [0.15, 0.2) is 0 Å². The van der Waals surface area contributed by atoms with E-state index >= 15 is 0 Å². The van der Waals surface area contributed by atoms with E-state index in [-0.39, 0.29) is 24.9 Å².